The molecule has 0 amide bonds. The normalized spacial score (nSPS) is 12.1. The molecule has 0 saturated carbocycles. The zero-order valence-electron chi connectivity index (χ0n) is 13.0. The molecule has 1 unspecified atom stereocenters. The van der Waals surface area contributed by atoms with Crippen LogP contribution in [0.3, 0.4) is 0 Å². The molecular weight excluding hydrogens is 280 g/mol. The summed E-state index contributed by atoms with van der Waals surface area (Å²) >= 11 is 1.79. The summed E-state index contributed by atoms with van der Waals surface area (Å²) in [6, 6.07) is 6.59. The minimum atomic E-state index is 0.323. The minimum Gasteiger partial charge on any atom is -0.373 e. The highest BCUT2D eigenvalue weighted by Crippen LogP contribution is 2.27. The fraction of sp³-hybridized carbons (Fsp3) is 0.500. The van der Waals surface area contributed by atoms with E-state index in [2.05, 4.69) is 52.0 Å². The first kappa shape index (κ1) is 15.8. The average Bonchev–Trinajstić information content (AvgIpc) is 3.01. The Kier molecular flexibility index (Phi) is 5.99. The van der Waals surface area contributed by atoms with Crippen LogP contribution in [0, 0.1) is 0 Å². The highest BCUT2D eigenvalue weighted by molar-refractivity contribution is 7.10. The fourth-order valence-electron chi connectivity index (χ4n) is 2.28. The number of aromatic nitrogens is 2. The van der Waals surface area contributed by atoms with Gasteiger partial charge in [-0.25, -0.2) is 9.97 Å². The molecule has 0 aliphatic heterocycles. The number of anilines is 2. The van der Waals surface area contributed by atoms with Gasteiger partial charge in [-0.05, 0) is 24.3 Å². The van der Waals surface area contributed by atoms with E-state index in [1.807, 2.05) is 13.1 Å². The van der Waals surface area contributed by atoms with Crippen molar-refractivity contribution >= 4 is 23.0 Å². The number of nitrogens with zero attached hydrogens (tertiary/aromatic N) is 2. The minimum absolute atomic E-state index is 0.323. The van der Waals surface area contributed by atoms with E-state index in [1.165, 1.54) is 4.88 Å². The van der Waals surface area contributed by atoms with Crippen LogP contribution in [0.5, 0.6) is 0 Å². The van der Waals surface area contributed by atoms with Crippen LogP contribution in [-0.2, 0) is 6.42 Å². The molecule has 1 atom stereocenters. The fourth-order valence-corrected chi connectivity index (χ4v) is 3.09. The summed E-state index contributed by atoms with van der Waals surface area (Å²) in [5, 5.41) is 8.82. The first-order chi connectivity index (χ1) is 10.3. The third kappa shape index (κ3) is 4.43. The molecule has 5 heteroatoms. The molecular formula is C16H24N4S. The zero-order valence-corrected chi connectivity index (χ0v) is 13.8. The van der Waals surface area contributed by atoms with Crippen molar-refractivity contribution in [1.29, 1.82) is 0 Å². The van der Waals surface area contributed by atoms with Crippen molar-refractivity contribution in [3.05, 3.63) is 34.3 Å². The lowest BCUT2D eigenvalue weighted by Crippen LogP contribution is -2.12. The molecule has 114 valence electrons. The van der Waals surface area contributed by atoms with Crippen LogP contribution in [0.4, 0.5) is 11.6 Å². The van der Waals surface area contributed by atoms with Crippen molar-refractivity contribution in [2.45, 2.75) is 45.6 Å². The lowest BCUT2D eigenvalue weighted by molar-refractivity contribution is 0.682. The van der Waals surface area contributed by atoms with Crippen LogP contribution in [0.2, 0.25) is 0 Å². The van der Waals surface area contributed by atoms with Gasteiger partial charge < -0.3 is 10.6 Å². The van der Waals surface area contributed by atoms with Crippen molar-refractivity contribution in [1.82, 2.24) is 9.97 Å². The van der Waals surface area contributed by atoms with Gasteiger partial charge in [-0.15, -0.1) is 11.3 Å². The molecule has 0 saturated heterocycles. The highest BCUT2D eigenvalue weighted by atomic mass is 32.1. The Morgan fingerprint density at radius 3 is 2.62 bits per heavy atom. The molecule has 2 aromatic heterocycles. The Labute approximate surface area is 131 Å². The average molecular weight is 304 g/mol. The largest absolute Gasteiger partial charge is 0.373 e. The number of hydrogen-bond donors (Lipinski definition) is 2. The van der Waals surface area contributed by atoms with E-state index in [0.717, 1.165) is 43.1 Å². The first-order valence-electron chi connectivity index (χ1n) is 7.62. The molecule has 21 heavy (non-hydrogen) atoms. The maximum Gasteiger partial charge on any atom is 0.133 e. The van der Waals surface area contributed by atoms with E-state index >= 15 is 0 Å². The molecule has 2 aromatic rings. The van der Waals surface area contributed by atoms with E-state index in [1.54, 1.807) is 11.3 Å². The van der Waals surface area contributed by atoms with Crippen LogP contribution >= 0.6 is 11.3 Å². The zero-order chi connectivity index (χ0) is 15.1. The van der Waals surface area contributed by atoms with Gasteiger partial charge in [0, 0.05) is 24.4 Å². The van der Waals surface area contributed by atoms with Crippen molar-refractivity contribution in [2.75, 3.05) is 17.7 Å². The van der Waals surface area contributed by atoms with Gasteiger partial charge in [-0.3, -0.25) is 0 Å². The Morgan fingerprint density at radius 2 is 2.00 bits per heavy atom. The summed E-state index contributed by atoms with van der Waals surface area (Å²) in [6.45, 7) is 4.36. The summed E-state index contributed by atoms with van der Waals surface area (Å²) in [6.07, 6.45) is 4.20. The molecule has 2 N–H and O–H groups in total. The highest BCUT2D eigenvalue weighted by Gasteiger charge is 2.13. The predicted molar refractivity (Wildman–Crippen MR) is 91.2 cm³/mol. The van der Waals surface area contributed by atoms with E-state index in [0.29, 0.717) is 6.04 Å². The van der Waals surface area contributed by atoms with Crippen LogP contribution in [-0.4, -0.2) is 17.0 Å². The van der Waals surface area contributed by atoms with Crippen molar-refractivity contribution in [3.63, 3.8) is 0 Å². The summed E-state index contributed by atoms with van der Waals surface area (Å²) < 4.78 is 0. The van der Waals surface area contributed by atoms with Gasteiger partial charge >= 0.3 is 0 Å². The Morgan fingerprint density at radius 1 is 1.19 bits per heavy atom. The number of nitrogens with one attached hydrogen (secondary N) is 2. The quantitative estimate of drug-likeness (QED) is 0.754. The Hall–Kier alpha value is -1.62. The topological polar surface area (TPSA) is 49.8 Å². The molecule has 2 rings (SSSR count). The smallest absolute Gasteiger partial charge is 0.133 e. The summed E-state index contributed by atoms with van der Waals surface area (Å²) in [5.41, 5.74) is 0. The molecule has 0 aliphatic carbocycles. The first-order valence-corrected chi connectivity index (χ1v) is 8.50. The van der Waals surface area contributed by atoms with Crippen molar-refractivity contribution < 1.29 is 0 Å². The van der Waals surface area contributed by atoms with Crippen LogP contribution in [0.15, 0.2) is 23.6 Å². The number of thiophene rings is 1. The van der Waals surface area contributed by atoms with Gasteiger partial charge in [0.2, 0.25) is 0 Å². The lowest BCUT2D eigenvalue weighted by Gasteiger charge is -2.18. The second-order valence-corrected chi connectivity index (χ2v) is 6.03. The molecule has 0 aliphatic rings. The second kappa shape index (κ2) is 7.98. The van der Waals surface area contributed by atoms with Crippen molar-refractivity contribution in [2.24, 2.45) is 0 Å². The summed E-state index contributed by atoms with van der Waals surface area (Å²) in [7, 11) is 1.89. The van der Waals surface area contributed by atoms with Gasteiger partial charge in [0.15, 0.2) is 0 Å². The molecule has 2 heterocycles. The maximum atomic E-state index is 4.65. The number of aryl methyl sites for hydroxylation is 1. The van der Waals surface area contributed by atoms with Crippen LogP contribution in [0.1, 0.15) is 49.9 Å². The molecule has 0 aromatic carbocycles. The molecule has 0 bridgehead atoms. The van der Waals surface area contributed by atoms with E-state index < -0.39 is 0 Å². The van der Waals surface area contributed by atoms with Crippen molar-refractivity contribution in [3.8, 4) is 0 Å². The lowest BCUT2D eigenvalue weighted by atomic mass is 10.1. The Balaban J connectivity index is 2.21. The van der Waals surface area contributed by atoms with Gasteiger partial charge in [-0.1, -0.05) is 26.3 Å². The number of rotatable bonds is 8. The molecule has 0 fully saturated rings. The van der Waals surface area contributed by atoms with E-state index in [9.17, 15) is 0 Å². The maximum absolute atomic E-state index is 4.65. The van der Waals surface area contributed by atoms with Gasteiger partial charge in [-0.2, -0.15) is 0 Å². The van der Waals surface area contributed by atoms with E-state index in [-0.39, 0.29) is 0 Å². The monoisotopic (exact) mass is 304 g/mol. The third-order valence-electron chi connectivity index (χ3n) is 3.29. The SMILES string of the molecule is CCCc1nc(NC)cc(NC(CCC)c2cccs2)n1. The number of hydrogen-bond acceptors (Lipinski definition) is 5. The van der Waals surface area contributed by atoms with Gasteiger partial charge in [0.1, 0.15) is 17.5 Å². The summed E-state index contributed by atoms with van der Waals surface area (Å²) in [5.74, 6) is 2.68. The van der Waals surface area contributed by atoms with Crippen LogP contribution in [0.25, 0.3) is 0 Å². The van der Waals surface area contributed by atoms with E-state index in [4.69, 9.17) is 0 Å². The predicted octanol–water partition coefficient (Wildman–Crippen LogP) is 4.49. The standard InChI is InChI=1S/C16H24N4S/c1-4-7-12(13-9-6-10-21-13)18-16-11-15(17-3)19-14(20-16)8-5-2/h6,9-12H,4-5,7-8H2,1-3H3,(H2,17,18,19,20). The molecule has 4 nitrogen and oxygen atoms in total. The third-order valence-corrected chi connectivity index (χ3v) is 4.27. The molecule has 0 radical (unpaired) electrons. The molecule has 0 spiro atoms. The van der Waals surface area contributed by atoms with Gasteiger partial charge in [0.25, 0.3) is 0 Å². The second-order valence-electron chi connectivity index (χ2n) is 5.06. The summed E-state index contributed by atoms with van der Waals surface area (Å²) in [4.78, 5) is 10.5. The Bertz CT molecular complexity index is 539. The van der Waals surface area contributed by atoms with Crippen LogP contribution < -0.4 is 10.6 Å². The van der Waals surface area contributed by atoms with Gasteiger partial charge in [0.05, 0.1) is 6.04 Å².